The number of carbonyl (C=O) groups excluding carboxylic acids is 1. The van der Waals surface area contributed by atoms with Crippen molar-refractivity contribution in [1.82, 2.24) is 10.1 Å². The summed E-state index contributed by atoms with van der Waals surface area (Å²) in [5, 5.41) is 6.88. The third-order valence-corrected chi connectivity index (χ3v) is 4.33. The number of halogens is 1. The number of hydrogen-bond donors (Lipinski definition) is 1. The molecule has 6 heteroatoms. The quantitative estimate of drug-likeness (QED) is 0.742. The van der Waals surface area contributed by atoms with E-state index < -0.39 is 0 Å². The maximum absolute atomic E-state index is 12.6. The van der Waals surface area contributed by atoms with Crippen LogP contribution in [-0.4, -0.2) is 16.0 Å². The van der Waals surface area contributed by atoms with Gasteiger partial charge in [0.2, 0.25) is 0 Å². The van der Waals surface area contributed by atoms with Gasteiger partial charge in [0.05, 0.1) is 0 Å². The summed E-state index contributed by atoms with van der Waals surface area (Å²) in [5.41, 5.74) is 3.40. The largest absolute Gasteiger partial charge is 0.360 e. The van der Waals surface area contributed by atoms with Gasteiger partial charge in [-0.05, 0) is 49.7 Å². The molecule has 0 bridgehead atoms. The minimum atomic E-state index is -0.260. The van der Waals surface area contributed by atoms with E-state index in [2.05, 4.69) is 31.4 Å². The molecule has 23 heavy (non-hydrogen) atoms. The standard InChI is InChI=1S/C17H14BrN3O2/c1-10-8-13(5-6-14(10)18)20-17(22)15-11(2)23-21-16(15)12-4-3-7-19-9-12/h3-9H,1-2H3,(H,20,22). The third kappa shape index (κ3) is 3.17. The van der Waals surface area contributed by atoms with Gasteiger partial charge in [0.25, 0.3) is 5.91 Å². The van der Waals surface area contributed by atoms with Crippen LogP contribution in [0, 0.1) is 13.8 Å². The first-order valence-corrected chi connectivity index (χ1v) is 7.79. The molecule has 116 valence electrons. The fraction of sp³-hybridized carbons (Fsp3) is 0.118. The summed E-state index contributed by atoms with van der Waals surface area (Å²) in [6, 6.07) is 9.26. The average Bonchev–Trinajstić information content (AvgIpc) is 2.93. The Hall–Kier alpha value is -2.47. The molecule has 1 N–H and O–H groups in total. The molecular formula is C17H14BrN3O2. The van der Waals surface area contributed by atoms with Crippen molar-refractivity contribution in [2.45, 2.75) is 13.8 Å². The van der Waals surface area contributed by atoms with Crippen molar-refractivity contribution in [3.8, 4) is 11.3 Å². The molecule has 3 rings (SSSR count). The molecule has 0 aliphatic carbocycles. The SMILES string of the molecule is Cc1cc(NC(=O)c2c(-c3cccnc3)noc2C)ccc1Br. The summed E-state index contributed by atoms with van der Waals surface area (Å²) < 4.78 is 6.20. The van der Waals surface area contributed by atoms with Crippen molar-refractivity contribution in [3.63, 3.8) is 0 Å². The first-order valence-electron chi connectivity index (χ1n) is 7.00. The fourth-order valence-corrected chi connectivity index (χ4v) is 2.50. The molecule has 0 saturated heterocycles. The molecule has 0 unspecified atom stereocenters. The van der Waals surface area contributed by atoms with Crippen molar-refractivity contribution < 1.29 is 9.32 Å². The summed E-state index contributed by atoms with van der Waals surface area (Å²) >= 11 is 3.44. The predicted molar refractivity (Wildman–Crippen MR) is 91.3 cm³/mol. The minimum absolute atomic E-state index is 0.260. The Kier molecular flexibility index (Phi) is 4.25. The number of aromatic nitrogens is 2. The van der Waals surface area contributed by atoms with Crippen molar-refractivity contribution >= 4 is 27.5 Å². The Bertz CT molecular complexity index is 860. The smallest absolute Gasteiger partial charge is 0.261 e. The van der Waals surface area contributed by atoms with Gasteiger partial charge in [0, 0.05) is 28.1 Å². The summed E-state index contributed by atoms with van der Waals surface area (Å²) in [6.07, 6.45) is 3.32. The number of hydrogen-bond acceptors (Lipinski definition) is 4. The molecule has 5 nitrogen and oxygen atoms in total. The van der Waals surface area contributed by atoms with Gasteiger partial charge in [-0.25, -0.2) is 0 Å². The molecular weight excluding hydrogens is 358 g/mol. The van der Waals surface area contributed by atoms with Gasteiger partial charge in [0.1, 0.15) is 17.0 Å². The van der Waals surface area contributed by atoms with Crippen LogP contribution in [0.5, 0.6) is 0 Å². The molecule has 2 aromatic heterocycles. The summed E-state index contributed by atoms with van der Waals surface area (Å²) in [4.78, 5) is 16.7. The van der Waals surface area contributed by atoms with Gasteiger partial charge in [0.15, 0.2) is 0 Å². The van der Waals surface area contributed by atoms with E-state index in [1.54, 1.807) is 25.4 Å². The number of nitrogens with zero attached hydrogens (tertiary/aromatic N) is 2. The van der Waals surface area contributed by atoms with Crippen LogP contribution in [0.2, 0.25) is 0 Å². The molecule has 0 atom stereocenters. The number of benzene rings is 1. The highest BCUT2D eigenvalue weighted by molar-refractivity contribution is 9.10. The second-order valence-corrected chi connectivity index (χ2v) is 5.98. The lowest BCUT2D eigenvalue weighted by atomic mass is 10.1. The van der Waals surface area contributed by atoms with E-state index in [4.69, 9.17) is 4.52 Å². The number of rotatable bonds is 3. The minimum Gasteiger partial charge on any atom is -0.360 e. The van der Waals surface area contributed by atoms with Crippen molar-refractivity contribution in [1.29, 1.82) is 0 Å². The number of carbonyl (C=O) groups is 1. The Morgan fingerprint density at radius 2 is 2.09 bits per heavy atom. The topological polar surface area (TPSA) is 68.0 Å². The maximum atomic E-state index is 12.6. The van der Waals surface area contributed by atoms with Crippen molar-refractivity contribution in [2.75, 3.05) is 5.32 Å². The first kappa shape index (κ1) is 15.4. The zero-order valence-electron chi connectivity index (χ0n) is 12.6. The number of amides is 1. The van der Waals surface area contributed by atoms with Crippen molar-refractivity contribution in [2.24, 2.45) is 0 Å². The Morgan fingerprint density at radius 1 is 1.26 bits per heavy atom. The normalized spacial score (nSPS) is 10.6. The number of anilines is 1. The third-order valence-electron chi connectivity index (χ3n) is 3.44. The Morgan fingerprint density at radius 3 is 2.78 bits per heavy atom. The van der Waals surface area contributed by atoms with E-state index in [1.165, 1.54) is 0 Å². The molecule has 0 fully saturated rings. The van der Waals surface area contributed by atoms with Crippen LogP contribution in [0.1, 0.15) is 21.7 Å². The number of aryl methyl sites for hydroxylation is 2. The van der Waals surface area contributed by atoms with E-state index in [-0.39, 0.29) is 5.91 Å². The monoisotopic (exact) mass is 371 g/mol. The molecule has 2 heterocycles. The van der Waals surface area contributed by atoms with E-state index in [0.29, 0.717) is 22.7 Å². The fourth-order valence-electron chi connectivity index (χ4n) is 2.26. The zero-order chi connectivity index (χ0) is 16.4. The van der Waals surface area contributed by atoms with Crippen LogP contribution in [0.25, 0.3) is 11.3 Å². The van der Waals surface area contributed by atoms with Gasteiger partial charge in [-0.2, -0.15) is 0 Å². The lowest BCUT2D eigenvalue weighted by Crippen LogP contribution is -2.13. The molecule has 1 aromatic carbocycles. The van der Waals surface area contributed by atoms with Gasteiger partial charge in [-0.3, -0.25) is 9.78 Å². The molecule has 0 spiro atoms. The summed E-state index contributed by atoms with van der Waals surface area (Å²) in [5.74, 6) is 0.208. The molecule has 3 aromatic rings. The van der Waals surface area contributed by atoms with Crippen LogP contribution in [0.15, 0.2) is 51.7 Å². The second-order valence-electron chi connectivity index (χ2n) is 5.12. The van der Waals surface area contributed by atoms with Gasteiger partial charge in [-0.1, -0.05) is 21.1 Å². The van der Waals surface area contributed by atoms with Crippen LogP contribution >= 0.6 is 15.9 Å². The highest BCUT2D eigenvalue weighted by Crippen LogP contribution is 2.26. The highest BCUT2D eigenvalue weighted by Gasteiger charge is 2.21. The summed E-state index contributed by atoms with van der Waals surface area (Å²) in [7, 11) is 0. The zero-order valence-corrected chi connectivity index (χ0v) is 14.2. The van der Waals surface area contributed by atoms with Crippen LogP contribution in [-0.2, 0) is 0 Å². The van der Waals surface area contributed by atoms with Crippen LogP contribution in [0.4, 0.5) is 5.69 Å². The van der Waals surface area contributed by atoms with E-state index >= 15 is 0 Å². The van der Waals surface area contributed by atoms with E-state index in [9.17, 15) is 4.79 Å². The second kappa shape index (κ2) is 6.34. The predicted octanol–water partition coefficient (Wildman–Crippen LogP) is 4.37. The van der Waals surface area contributed by atoms with Crippen molar-refractivity contribution in [3.05, 3.63) is 64.1 Å². The summed E-state index contributed by atoms with van der Waals surface area (Å²) in [6.45, 7) is 3.68. The Balaban J connectivity index is 1.94. The molecule has 0 aliphatic heterocycles. The van der Waals surface area contributed by atoms with Gasteiger partial charge < -0.3 is 9.84 Å². The lowest BCUT2D eigenvalue weighted by Gasteiger charge is -2.07. The Labute approximate surface area is 141 Å². The average molecular weight is 372 g/mol. The highest BCUT2D eigenvalue weighted by atomic mass is 79.9. The number of pyridine rings is 1. The van der Waals surface area contributed by atoms with Gasteiger partial charge in [-0.15, -0.1) is 0 Å². The maximum Gasteiger partial charge on any atom is 0.261 e. The first-order chi connectivity index (χ1) is 11.1. The molecule has 0 aliphatic rings. The van der Waals surface area contributed by atoms with E-state index in [0.717, 1.165) is 15.6 Å². The van der Waals surface area contributed by atoms with E-state index in [1.807, 2.05) is 31.2 Å². The lowest BCUT2D eigenvalue weighted by molar-refractivity contribution is 0.102. The van der Waals surface area contributed by atoms with Gasteiger partial charge >= 0.3 is 0 Å². The molecule has 0 radical (unpaired) electrons. The molecule has 1 amide bonds. The number of nitrogens with one attached hydrogen (secondary N) is 1. The van der Waals surface area contributed by atoms with Crippen LogP contribution in [0.3, 0.4) is 0 Å². The molecule has 0 saturated carbocycles. The van der Waals surface area contributed by atoms with Crippen LogP contribution < -0.4 is 5.32 Å².